The Morgan fingerprint density at radius 2 is 1.47 bits per heavy atom. The van der Waals surface area contributed by atoms with Gasteiger partial charge in [0, 0.05) is 0 Å². The lowest BCUT2D eigenvalue weighted by Crippen LogP contribution is -2.26. The molecular weight excluding hydrogens is 276 g/mol. The third-order valence-corrected chi connectivity index (χ3v) is 3.96. The summed E-state index contributed by atoms with van der Waals surface area (Å²) in [6.45, 7) is -0.338. The zero-order chi connectivity index (χ0) is 13.5. The van der Waals surface area contributed by atoms with Crippen LogP contribution < -0.4 is 0 Å². The maximum absolute atomic E-state index is 11.1. The maximum Gasteiger partial charge on any atom is 0.269 e. The van der Waals surface area contributed by atoms with Gasteiger partial charge in [-0.2, -0.15) is 16.8 Å². The van der Waals surface area contributed by atoms with Gasteiger partial charge in [-0.15, -0.1) is 0 Å². The van der Waals surface area contributed by atoms with Gasteiger partial charge in [0.05, 0.1) is 37.4 Å². The molecule has 10 heteroatoms. The van der Waals surface area contributed by atoms with Gasteiger partial charge < -0.3 is 10.2 Å². The largest absolute Gasteiger partial charge is 0.395 e. The summed E-state index contributed by atoms with van der Waals surface area (Å²) in [5.41, 5.74) is 0. The monoisotopic (exact) mass is 292 g/mol. The van der Waals surface area contributed by atoms with E-state index in [0.717, 1.165) is 0 Å². The molecule has 104 valence electrons. The number of aliphatic hydroxyl groups is 2. The molecule has 0 aliphatic rings. The van der Waals surface area contributed by atoms with Crippen molar-refractivity contribution < 1.29 is 35.4 Å². The molecule has 8 nitrogen and oxygen atoms in total. The topological polar surface area (TPSA) is 127 Å². The van der Waals surface area contributed by atoms with Crippen molar-refractivity contribution in [1.82, 2.24) is 0 Å². The van der Waals surface area contributed by atoms with Crippen LogP contribution in [0.1, 0.15) is 6.92 Å². The molecular formula is C7H16O8S2. The first kappa shape index (κ1) is 16.7. The summed E-state index contributed by atoms with van der Waals surface area (Å²) in [6.07, 6.45) is -1.000. The van der Waals surface area contributed by atoms with E-state index < -0.39 is 57.7 Å². The molecule has 0 aliphatic carbocycles. The van der Waals surface area contributed by atoms with Crippen LogP contribution in [0.4, 0.5) is 0 Å². The first-order valence-corrected chi connectivity index (χ1v) is 7.87. The van der Waals surface area contributed by atoms with Gasteiger partial charge in [0.15, 0.2) is 0 Å². The molecule has 0 saturated carbocycles. The van der Waals surface area contributed by atoms with Crippen LogP contribution in [0.3, 0.4) is 0 Å². The number of hydrogen-bond donors (Lipinski definition) is 2. The van der Waals surface area contributed by atoms with E-state index in [4.69, 9.17) is 10.2 Å². The fourth-order valence-electron chi connectivity index (χ4n) is 0.808. The Bertz CT molecular complexity index is 398. The molecule has 0 bridgehead atoms. The van der Waals surface area contributed by atoms with Crippen molar-refractivity contribution >= 4 is 20.2 Å². The lowest BCUT2D eigenvalue weighted by Gasteiger charge is -2.12. The number of rotatable bonds is 9. The van der Waals surface area contributed by atoms with Crippen LogP contribution in [0, 0.1) is 0 Å². The van der Waals surface area contributed by atoms with Gasteiger partial charge in [-0.1, -0.05) is 0 Å². The molecule has 17 heavy (non-hydrogen) atoms. The normalized spacial score (nSPS) is 14.8. The molecule has 0 fully saturated rings. The van der Waals surface area contributed by atoms with Crippen molar-refractivity contribution in [3.63, 3.8) is 0 Å². The van der Waals surface area contributed by atoms with Crippen LogP contribution in [-0.2, 0) is 28.6 Å². The fraction of sp³-hybridized carbons (Fsp3) is 1.00. The molecule has 0 aliphatic heterocycles. The van der Waals surface area contributed by atoms with Gasteiger partial charge in [0.25, 0.3) is 20.2 Å². The maximum atomic E-state index is 11.1. The lowest BCUT2D eigenvalue weighted by atomic mass is 10.5. The third-order valence-electron chi connectivity index (χ3n) is 1.48. The van der Waals surface area contributed by atoms with E-state index in [9.17, 15) is 16.8 Å². The van der Waals surface area contributed by atoms with Gasteiger partial charge in [0.2, 0.25) is 0 Å². The predicted octanol–water partition coefficient (Wildman–Crippen LogP) is -1.95. The number of aliphatic hydroxyl groups excluding tert-OH is 2. The molecule has 0 rings (SSSR count). The fourth-order valence-corrected chi connectivity index (χ4v) is 2.42. The summed E-state index contributed by atoms with van der Waals surface area (Å²) in [4.78, 5) is 0. The van der Waals surface area contributed by atoms with Crippen molar-refractivity contribution in [2.75, 3.05) is 31.3 Å². The highest BCUT2D eigenvalue weighted by molar-refractivity contribution is 7.87. The molecule has 0 aromatic heterocycles. The second-order valence-corrected chi connectivity index (χ2v) is 6.64. The van der Waals surface area contributed by atoms with Gasteiger partial charge in [0.1, 0.15) is 0 Å². The van der Waals surface area contributed by atoms with Crippen LogP contribution in [0.25, 0.3) is 0 Å². The van der Waals surface area contributed by atoms with Crippen LogP contribution in [-0.4, -0.2) is 64.5 Å². The lowest BCUT2D eigenvalue weighted by molar-refractivity contribution is 0.150. The Hall–Kier alpha value is -0.260. The van der Waals surface area contributed by atoms with Gasteiger partial charge >= 0.3 is 0 Å². The standard InChI is InChI=1S/C7H16O8S2/c1-7(15-17(12,13)5-3-9)6-14-16(10,11)4-2-8/h7-9H,2-6H2,1H3. The Kier molecular flexibility index (Phi) is 7.13. The number of hydrogen-bond acceptors (Lipinski definition) is 8. The summed E-state index contributed by atoms with van der Waals surface area (Å²) in [5.74, 6) is -1.14. The third kappa shape index (κ3) is 8.46. The van der Waals surface area contributed by atoms with Crippen LogP contribution >= 0.6 is 0 Å². The highest BCUT2D eigenvalue weighted by Crippen LogP contribution is 2.03. The molecule has 1 atom stereocenters. The van der Waals surface area contributed by atoms with E-state index in [1.807, 2.05) is 0 Å². The molecule has 2 N–H and O–H groups in total. The molecule has 0 spiro atoms. The molecule has 0 heterocycles. The first-order chi connectivity index (χ1) is 7.72. The smallest absolute Gasteiger partial charge is 0.269 e. The average molecular weight is 292 g/mol. The molecule has 0 amide bonds. The Morgan fingerprint density at radius 1 is 1.00 bits per heavy atom. The van der Waals surface area contributed by atoms with E-state index in [0.29, 0.717) is 0 Å². The zero-order valence-electron chi connectivity index (χ0n) is 9.27. The van der Waals surface area contributed by atoms with Gasteiger partial charge in [-0.05, 0) is 6.92 Å². The second-order valence-electron chi connectivity index (χ2n) is 3.16. The van der Waals surface area contributed by atoms with Gasteiger partial charge in [-0.25, -0.2) is 0 Å². The predicted molar refractivity (Wildman–Crippen MR) is 58.2 cm³/mol. The van der Waals surface area contributed by atoms with E-state index in [1.165, 1.54) is 6.92 Å². The molecule has 0 aromatic carbocycles. The quantitative estimate of drug-likeness (QED) is 0.469. The first-order valence-electron chi connectivity index (χ1n) is 4.72. The van der Waals surface area contributed by atoms with E-state index >= 15 is 0 Å². The molecule has 0 saturated heterocycles. The van der Waals surface area contributed by atoms with Gasteiger partial charge in [-0.3, -0.25) is 8.37 Å². The minimum Gasteiger partial charge on any atom is -0.395 e. The van der Waals surface area contributed by atoms with Crippen LogP contribution in [0.5, 0.6) is 0 Å². The van der Waals surface area contributed by atoms with Crippen LogP contribution in [0.2, 0.25) is 0 Å². The zero-order valence-corrected chi connectivity index (χ0v) is 10.9. The minimum absolute atomic E-state index is 0.479. The molecule has 0 aromatic rings. The highest BCUT2D eigenvalue weighted by atomic mass is 32.2. The van der Waals surface area contributed by atoms with Crippen molar-refractivity contribution in [2.45, 2.75) is 13.0 Å². The SMILES string of the molecule is CC(COS(=O)(=O)CCO)OS(=O)(=O)CCO. The van der Waals surface area contributed by atoms with E-state index in [-0.39, 0.29) is 0 Å². The second kappa shape index (κ2) is 7.24. The molecule has 1 unspecified atom stereocenters. The summed E-state index contributed by atoms with van der Waals surface area (Å²) in [7, 11) is -7.75. The van der Waals surface area contributed by atoms with Crippen molar-refractivity contribution in [1.29, 1.82) is 0 Å². The highest BCUT2D eigenvalue weighted by Gasteiger charge is 2.18. The van der Waals surface area contributed by atoms with Crippen molar-refractivity contribution in [3.8, 4) is 0 Å². The minimum atomic E-state index is -3.89. The summed E-state index contributed by atoms with van der Waals surface area (Å²) in [6, 6.07) is 0. The summed E-state index contributed by atoms with van der Waals surface area (Å²) < 4.78 is 53.1. The Balaban J connectivity index is 4.17. The molecule has 0 radical (unpaired) electrons. The van der Waals surface area contributed by atoms with Crippen molar-refractivity contribution in [2.24, 2.45) is 0 Å². The summed E-state index contributed by atoms with van der Waals surface area (Å²) >= 11 is 0. The van der Waals surface area contributed by atoms with Crippen molar-refractivity contribution in [3.05, 3.63) is 0 Å². The van der Waals surface area contributed by atoms with E-state index in [1.54, 1.807) is 0 Å². The average Bonchev–Trinajstić information content (AvgIpc) is 2.14. The summed E-state index contributed by atoms with van der Waals surface area (Å²) in [5, 5.41) is 16.8. The Morgan fingerprint density at radius 3 is 1.94 bits per heavy atom. The Labute approximate surface area is 100 Å². The van der Waals surface area contributed by atoms with Crippen LogP contribution in [0.15, 0.2) is 0 Å². The van der Waals surface area contributed by atoms with E-state index in [2.05, 4.69) is 8.37 Å².